The fraction of sp³-hybridized carbons (Fsp3) is 0.318. The van der Waals surface area contributed by atoms with Crippen LogP contribution in [0.5, 0.6) is 5.75 Å². The van der Waals surface area contributed by atoms with Crippen LogP contribution >= 0.6 is 21.3 Å². The van der Waals surface area contributed by atoms with E-state index >= 15 is 0 Å². The zero-order chi connectivity index (χ0) is 22.5. The van der Waals surface area contributed by atoms with E-state index in [9.17, 15) is 13.6 Å². The van der Waals surface area contributed by atoms with E-state index in [0.29, 0.717) is 23.1 Å². The summed E-state index contributed by atoms with van der Waals surface area (Å²) < 4.78 is 44.0. The summed E-state index contributed by atoms with van der Waals surface area (Å²) in [6.45, 7) is 1.32. The number of likely N-dealkylation sites (tertiary alicyclic amines) is 1. The molecule has 0 bridgehead atoms. The molecular formula is C22H20F2IN5O2. The number of fused-ring (bicyclic) bond motifs is 2. The molecule has 3 heterocycles. The van der Waals surface area contributed by atoms with E-state index in [-0.39, 0.29) is 18.5 Å². The monoisotopic (exact) mass is 551 g/mol. The van der Waals surface area contributed by atoms with Crippen LogP contribution in [0.15, 0.2) is 59.6 Å². The SMILES string of the molecule is COc1c(C(=O)N2CC(C3=CC(C)=NC4=NI=NN34)CC(F)(F)C2)ccc2ccccc12. The number of allylic oxidation sites excluding steroid dienone is 1. The van der Waals surface area contributed by atoms with Crippen LogP contribution < -0.4 is 4.74 Å². The fourth-order valence-corrected chi connectivity index (χ4v) is 5.63. The number of piperidine rings is 1. The van der Waals surface area contributed by atoms with Gasteiger partial charge in [0.05, 0.1) is 24.9 Å². The maximum Gasteiger partial charge on any atom is 0.266 e. The Balaban J connectivity index is 1.50. The van der Waals surface area contributed by atoms with E-state index in [0.717, 1.165) is 10.8 Å². The summed E-state index contributed by atoms with van der Waals surface area (Å²) in [6.07, 6.45) is 1.41. The molecule has 5 rings (SSSR count). The third kappa shape index (κ3) is 3.70. The minimum atomic E-state index is -3.03. The molecular weight excluding hydrogens is 531 g/mol. The number of ether oxygens (including phenoxy) is 1. The maximum absolute atomic E-state index is 14.9. The second-order valence-corrected chi connectivity index (χ2v) is 9.33. The van der Waals surface area contributed by atoms with Gasteiger partial charge in [-0.25, -0.2) is 13.8 Å². The van der Waals surface area contributed by atoms with Crippen LogP contribution in [0.1, 0.15) is 23.7 Å². The Morgan fingerprint density at radius 2 is 2.06 bits per heavy atom. The number of hydrogen-bond donors (Lipinski definition) is 0. The van der Waals surface area contributed by atoms with Crippen LogP contribution in [0, 0.1) is 5.92 Å². The number of benzene rings is 2. The number of rotatable bonds is 3. The lowest BCUT2D eigenvalue weighted by atomic mass is 9.90. The van der Waals surface area contributed by atoms with Crippen LogP contribution in [-0.2, 0) is 0 Å². The zero-order valence-corrected chi connectivity index (χ0v) is 19.6. The third-order valence-electron chi connectivity index (χ3n) is 5.72. The van der Waals surface area contributed by atoms with Crippen molar-refractivity contribution in [1.29, 1.82) is 0 Å². The predicted molar refractivity (Wildman–Crippen MR) is 126 cm³/mol. The van der Waals surface area contributed by atoms with E-state index in [2.05, 4.69) is 11.5 Å². The molecule has 3 aliphatic rings. The average Bonchev–Trinajstić information content (AvgIpc) is 3.24. The van der Waals surface area contributed by atoms with E-state index in [4.69, 9.17) is 4.74 Å². The zero-order valence-electron chi connectivity index (χ0n) is 17.4. The number of aliphatic imine (C=N–C) groups is 1. The maximum atomic E-state index is 14.9. The van der Waals surface area contributed by atoms with Crippen LogP contribution in [-0.4, -0.2) is 53.6 Å². The Bertz CT molecular complexity index is 1240. The van der Waals surface area contributed by atoms with E-state index in [1.165, 1.54) is 12.0 Å². The van der Waals surface area contributed by atoms with Gasteiger partial charge in [-0.1, -0.05) is 30.3 Å². The first-order valence-electron chi connectivity index (χ1n) is 10.1. The van der Waals surface area contributed by atoms with Crippen molar-refractivity contribution in [2.45, 2.75) is 19.3 Å². The van der Waals surface area contributed by atoms with Gasteiger partial charge < -0.3 is 9.64 Å². The van der Waals surface area contributed by atoms with Gasteiger partial charge in [-0.3, -0.25) is 4.79 Å². The first-order valence-corrected chi connectivity index (χ1v) is 12.0. The summed E-state index contributed by atoms with van der Waals surface area (Å²) in [6, 6.07) is 11.0. The van der Waals surface area contributed by atoms with E-state index < -0.39 is 45.6 Å². The van der Waals surface area contributed by atoms with Gasteiger partial charge in [0.25, 0.3) is 17.8 Å². The summed E-state index contributed by atoms with van der Waals surface area (Å²) in [5, 5.41) is 3.25. The molecule has 10 heteroatoms. The predicted octanol–water partition coefficient (Wildman–Crippen LogP) is 4.96. The van der Waals surface area contributed by atoms with Crippen molar-refractivity contribution in [3.8, 4) is 5.75 Å². The lowest BCUT2D eigenvalue weighted by Crippen LogP contribution is -2.51. The van der Waals surface area contributed by atoms with Gasteiger partial charge in [-0.05, 0) is 24.5 Å². The summed E-state index contributed by atoms with van der Waals surface area (Å²) in [5.74, 6) is -3.24. The van der Waals surface area contributed by atoms with Gasteiger partial charge in [0.15, 0.2) is 21.3 Å². The number of amides is 1. The molecule has 1 fully saturated rings. The molecule has 2 aromatic rings. The molecule has 1 saturated heterocycles. The van der Waals surface area contributed by atoms with Crippen molar-refractivity contribution in [2.24, 2.45) is 17.4 Å². The van der Waals surface area contributed by atoms with Gasteiger partial charge in [-0.2, -0.15) is 8.21 Å². The summed E-state index contributed by atoms with van der Waals surface area (Å²) in [7, 11) is 1.49. The molecule has 0 radical (unpaired) electrons. The van der Waals surface area contributed by atoms with E-state index in [1.807, 2.05) is 30.3 Å². The third-order valence-corrected chi connectivity index (χ3v) is 6.99. The number of guanidine groups is 1. The minimum Gasteiger partial charge on any atom is -0.495 e. The molecule has 1 amide bonds. The highest BCUT2D eigenvalue weighted by atomic mass is 127. The molecule has 166 valence electrons. The van der Waals surface area contributed by atoms with Crippen molar-refractivity contribution in [3.63, 3.8) is 0 Å². The normalized spacial score (nSPS) is 22.0. The highest BCUT2D eigenvalue weighted by Gasteiger charge is 2.45. The second kappa shape index (κ2) is 7.98. The van der Waals surface area contributed by atoms with Crippen molar-refractivity contribution >= 4 is 49.7 Å². The van der Waals surface area contributed by atoms with E-state index in [1.54, 1.807) is 24.1 Å². The Morgan fingerprint density at radius 3 is 2.88 bits per heavy atom. The number of nitrogens with zero attached hydrogens (tertiary/aromatic N) is 5. The van der Waals surface area contributed by atoms with Crippen molar-refractivity contribution in [1.82, 2.24) is 9.91 Å². The Hall–Kier alpha value is -2.76. The average molecular weight is 551 g/mol. The standard InChI is InChI=1S/C22H20F2IN5O2/c1-13-9-18(30-21(26-13)27-25-28-30)15-10-22(23,24)12-29(11-15)20(31)17-8-7-14-5-3-4-6-16(14)19(17)32-2/h3-9,15H,10-12H2,1-2H3. The number of methoxy groups -OCH3 is 1. The molecule has 0 N–H and O–H groups in total. The number of carbonyl (C=O) groups excluding carboxylic acids is 1. The molecule has 0 aliphatic carbocycles. The van der Waals surface area contributed by atoms with Gasteiger partial charge in [0.2, 0.25) is 0 Å². The second-order valence-electron chi connectivity index (χ2n) is 7.98. The van der Waals surface area contributed by atoms with Crippen molar-refractivity contribution < 1.29 is 18.3 Å². The highest BCUT2D eigenvalue weighted by Crippen LogP contribution is 2.40. The minimum absolute atomic E-state index is 0.154. The fourth-order valence-electron chi connectivity index (χ4n) is 4.39. The smallest absolute Gasteiger partial charge is 0.266 e. The first-order chi connectivity index (χ1) is 15.4. The van der Waals surface area contributed by atoms with Crippen LogP contribution in [0.3, 0.4) is 0 Å². The molecule has 1 unspecified atom stereocenters. The summed E-state index contributed by atoms with van der Waals surface area (Å²) in [4.78, 5) is 19.0. The topological polar surface area (TPSA) is 69.9 Å². The number of alkyl halides is 2. The molecule has 3 aliphatic heterocycles. The number of carbonyl (C=O) groups is 1. The van der Waals surface area contributed by atoms with Crippen molar-refractivity contribution in [3.05, 3.63) is 53.7 Å². The molecule has 2 aromatic carbocycles. The first kappa shape index (κ1) is 21.1. The van der Waals surface area contributed by atoms with Gasteiger partial charge in [0, 0.05) is 30.0 Å². The molecule has 0 spiro atoms. The lowest BCUT2D eigenvalue weighted by molar-refractivity contribution is -0.0719. The van der Waals surface area contributed by atoms with Crippen LogP contribution in [0.2, 0.25) is 0 Å². The molecule has 32 heavy (non-hydrogen) atoms. The van der Waals surface area contributed by atoms with Gasteiger partial charge >= 0.3 is 0 Å². The lowest BCUT2D eigenvalue weighted by Gasteiger charge is -2.40. The Labute approximate surface area is 193 Å². The molecule has 0 aromatic heterocycles. The molecule has 0 saturated carbocycles. The highest BCUT2D eigenvalue weighted by molar-refractivity contribution is 14.1. The summed E-state index contributed by atoms with van der Waals surface area (Å²) >= 11 is -0.783. The summed E-state index contributed by atoms with van der Waals surface area (Å²) in [5.41, 5.74) is 1.59. The largest absolute Gasteiger partial charge is 0.495 e. The van der Waals surface area contributed by atoms with Crippen molar-refractivity contribution in [2.75, 3.05) is 20.2 Å². The number of hydrogen-bond acceptors (Lipinski definition) is 6. The molecule has 7 nitrogen and oxygen atoms in total. The van der Waals surface area contributed by atoms with Crippen LogP contribution in [0.25, 0.3) is 10.8 Å². The van der Waals surface area contributed by atoms with Crippen LogP contribution in [0.4, 0.5) is 8.78 Å². The Morgan fingerprint density at radius 1 is 1.25 bits per heavy atom. The van der Waals surface area contributed by atoms with Gasteiger partial charge in [0.1, 0.15) is 5.75 Å². The quantitative estimate of drug-likeness (QED) is 0.507. The number of halogens is 3. The van der Waals surface area contributed by atoms with Gasteiger partial charge in [-0.15, -0.1) is 3.25 Å². The Kier molecular flexibility index (Phi) is 5.26. The molecule has 1 atom stereocenters.